The average Bonchev–Trinajstić information content (AvgIpc) is 2.32. The van der Waals surface area contributed by atoms with E-state index in [2.05, 4.69) is 4.98 Å². The fourth-order valence-corrected chi connectivity index (χ4v) is 1.91. The Morgan fingerprint density at radius 1 is 1.19 bits per heavy atom. The van der Waals surface area contributed by atoms with Gasteiger partial charge in [0.05, 0.1) is 6.04 Å². The highest BCUT2D eigenvalue weighted by atomic mass is 35.5. The predicted octanol–water partition coefficient (Wildman–Crippen LogP) is 3.44. The van der Waals surface area contributed by atoms with E-state index in [0.717, 1.165) is 11.1 Å². The molecule has 0 fully saturated rings. The van der Waals surface area contributed by atoms with Crippen LogP contribution in [0.4, 0.5) is 0 Å². The van der Waals surface area contributed by atoms with Gasteiger partial charge in [0.15, 0.2) is 0 Å². The molecule has 2 N–H and O–H groups in total. The Balaban J connectivity index is 2.41. The maximum absolute atomic E-state index is 6.10. The Labute approximate surface area is 104 Å². The summed E-state index contributed by atoms with van der Waals surface area (Å²) in [5, 5.41) is 1.24. The van der Waals surface area contributed by atoms with E-state index in [0.29, 0.717) is 10.0 Å². The van der Waals surface area contributed by atoms with Crippen molar-refractivity contribution in [2.45, 2.75) is 6.04 Å². The Morgan fingerprint density at radius 2 is 2.00 bits per heavy atom. The summed E-state index contributed by atoms with van der Waals surface area (Å²) in [4.78, 5) is 4.03. The van der Waals surface area contributed by atoms with Crippen LogP contribution in [-0.2, 0) is 0 Å². The molecule has 2 rings (SSSR count). The predicted molar refractivity (Wildman–Crippen MR) is 66.7 cm³/mol. The number of nitrogens with zero attached hydrogens (tertiary/aromatic N) is 1. The van der Waals surface area contributed by atoms with Crippen molar-refractivity contribution in [3.8, 4) is 0 Å². The fraction of sp³-hybridized carbons (Fsp3) is 0.0833. The van der Waals surface area contributed by atoms with Crippen molar-refractivity contribution in [2.75, 3.05) is 0 Å². The number of nitrogens with two attached hydrogens (primary N) is 1. The van der Waals surface area contributed by atoms with Crippen LogP contribution < -0.4 is 5.73 Å². The van der Waals surface area contributed by atoms with Gasteiger partial charge >= 0.3 is 0 Å². The van der Waals surface area contributed by atoms with Gasteiger partial charge < -0.3 is 5.73 Å². The van der Waals surface area contributed by atoms with E-state index in [1.54, 1.807) is 30.6 Å². The largest absolute Gasteiger partial charge is 0.320 e. The van der Waals surface area contributed by atoms with Gasteiger partial charge in [-0.3, -0.25) is 4.98 Å². The highest BCUT2D eigenvalue weighted by Crippen LogP contribution is 2.28. The zero-order chi connectivity index (χ0) is 11.5. The van der Waals surface area contributed by atoms with Gasteiger partial charge in [-0.25, -0.2) is 0 Å². The molecule has 1 aromatic heterocycles. The van der Waals surface area contributed by atoms with Gasteiger partial charge in [-0.2, -0.15) is 0 Å². The molecule has 4 heteroatoms. The average molecular weight is 253 g/mol. The molecule has 1 unspecified atom stereocenters. The number of pyridine rings is 1. The first-order chi connectivity index (χ1) is 7.68. The van der Waals surface area contributed by atoms with Gasteiger partial charge in [-0.1, -0.05) is 29.3 Å². The monoisotopic (exact) mass is 252 g/mol. The molecule has 1 heterocycles. The molecule has 16 heavy (non-hydrogen) atoms. The molecule has 0 amide bonds. The highest BCUT2D eigenvalue weighted by molar-refractivity contribution is 6.33. The Kier molecular flexibility index (Phi) is 3.44. The standard InChI is InChI=1S/C12H10Cl2N2/c13-9-3-4-11(14)10(6-9)12(15)8-2-1-5-16-7-8/h1-7,12H,15H2. The van der Waals surface area contributed by atoms with Gasteiger partial charge in [0.2, 0.25) is 0 Å². The zero-order valence-corrected chi connectivity index (χ0v) is 9.91. The minimum Gasteiger partial charge on any atom is -0.320 e. The smallest absolute Gasteiger partial charge is 0.0582 e. The number of aromatic nitrogens is 1. The fourth-order valence-electron chi connectivity index (χ4n) is 1.49. The maximum atomic E-state index is 6.10. The Morgan fingerprint density at radius 3 is 2.69 bits per heavy atom. The molecule has 82 valence electrons. The molecule has 2 nitrogen and oxygen atoms in total. The van der Waals surface area contributed by atoms with Crippen LogP contribution in [0.25, 0.3) is 0 Å². The second-order valence-corrected chi connectivity index (χ2v) is 4.27. The van der Waals surface area contributed by atoms with E-state index in [-0.39, 0.29) is 6.04 Å². The van der Waals surface area contributed by atoms with Crippen molar-refractivity contribution in [1.82, 2.24) is 4.98 Å². The van der Waals surface area contributed by atoms with Crippen LogP contribution in [0.15, 0.2) is 42.7 Å². The zero-order valence-electron chi connectivity index (χ0n) is 8.40. The van der Waals surface area contributed by atoms with Crippen LogP contribution >= 0.6 is 23.2 Å². The Hall–Kier alpha value is -1.09. The van der Waals surface area contributed by atoms with E-state index in [9.17, 15) is 0 Å². The summed E-state index contributed by atoms with van der Waals surface area (Å²) in [6.45, 7) is 0. The van der Waals surface area contributed by atoms with Crippen LogP contribution in [0.3, 0.4) is 0 Å². The van der Waals surface area contributed by atoms with E-state index in [1.807, 2.05) is 12.1 Å². The van der Waals surface area contributed by atoms with Crippen molar-refractivity contribution in [3.05, 3.63) is 63.9 Å². The van der Waals surface area contributed by atoms with Crippen LogP contribution in [0.2, 0.25) is 10.0 Å². The summed E-state index contributed by atoms with van der Waals surface area (Å²) >= 11 is 12.0. The van der Waals surface area contributed by atoms with E-state index < -0.39 is 0 Å². The van der Waals surface area contributed by atoms with Crippen LogP contribution in [0.1, 0.15) is 17.2 Å². The number of hydrogen-bond acceptors (Lipinski definition) is 2. The van der Waals surface area contributed by atoms with E-state index >= 15 is 0 Å². The molecule has 0 radical (unpaired) electrons. The number of benzene rings is 1. The van der Waals surface area contributed by atoms with Crippen molar-refractivity contribution in [1.29, 1.82) is 0 Å². The van der Waals surface area contributed by atoms with Crippen LogP contribution in [-0.4, -0.2) is 4.98 Å². The lowest BCUT2D eigenvalue weighted by atomic mass is 10.0. The molecule has 0 spiro atoms. The van der Waals surface area contributed by atoms with Gasteiger partial charge in [-0.05, 0) is 35.4 Å². The van der Waals surface area contributed by atoms with Crippen molar-refractivity contribution in [3.63, 3.8) is 0 Å². The third-order valence-electron chi connectivity index (χ3n) is 2.34. The maximum Gasteiger partial charge on any atom is 0.0582 e. The summed E-state index contributed by atoms with van der Waals surface area (Å²) in [5.74, 6) is 0. The third kappa shape index (κ3) is 2.35. The SMILES string of the molecule is NC(c1cccnc1)c1cc(Cl)ccc1Cl. The van der Waals surface area contributed by atoms with Crippen molar-refractivity contribution < 1.29 is 0 Å². The molecular formula is C12H10Cl2N2. The summed E-state index contributed by atoms with van der Waals surface area (Å²) in [5.41, 5.74) is 7.82. The summed E-state index contributed by atoms with van der Waals surface area (Å²) in [7, 11) is 0. The first-order valence-electron chi connectivity index (χ1n) is 4.79. The third-order valence-corrected chi connectivity index (χ3v) is 2.92. The number of hydrogen-bond donors (Lipinski definition) is 1. The van der Waals surface area contributed by atoms with Gasteiger partial charge in [0, 0.05) is 22.4 Å². The Bertz CT molecular complexity index is 486. The van der Waals surface area contributed by atoms with E-state index in [4.69, 9.17) is 28.9 Å². The lowest BCUT2D eigenvalue weighted by Gasteiger charge is -2.13. The first kappa shape index (κ1) is 11.4. The normalized spacial score (nSPS) is 12.4. The minimum absolute atomic E-state index is 0.306. The van der Waals surface area contributed by atoms with Gasteiger partial charge in [0.1, 0.15) is 0 Å². The second-order valence-electron chi connectivity index (χ2n) is 3.43. The van der Waals surface area contributed by atoms with Crippen LogP contribution in [0, 0.1) is 0 Å². The van der Waals surface area contributed by atoms with Crippen molar-refractivity contribution >= 4 is 23.2 Å². The van der Waals surface area contributed by atoms with Gasteiger partial charge in [0.25, 0.3) is 0 Å². The first-order valence-corrected chi connectivity index (χ1v) is 5.54. The molecule has 0 saturated carbocycles. The lowest BCUT2D eigenvalue weighted by Crippen LogP contribution is -2.12. The molecule has 1 aromatic carbocycles. The quantitative estimate of drug-likeness (QED) is 0.890. The lowest BCUT2D eigenvalue weighted by molar-refractivity contribution is 0.863. The minimum atomic E-state index is -0.306. The van der Waals surface area contributed by atoms with Crippen molar-refractivity contribution in [2.24, 2.45) is 5.73 Å². The highest BCUT2D eigenvalue weighted by Gasteiger charge is 2.12. The number of halogens is 2. The topological polar surface area (TPSA) is 38.9 Å². The summed E-state index contributed by atoms with van der Waals surface area (Å²) in [6.07, 6.45) is 3.43. The summed E-state index contributed by atoms with van der Waals surface area (Å²) < 4.78 is 0. The molecule has 0 saturated heterocycles. The molecule has 0 aliphatic heterocycles. The molecule has 1 atom stereocenters. The molecular weight excluding hydrogens is 243 g/mol. The molecule has 0 bridgehead atoms. The van der Waals surface area contributed by atoms with E-state index in [1.165, 1.54) is 0 Å². The number of rotatable bonds is 2. The van der Waals surface area contributed by atoms with Gasteiger partial charge in [-0.15, -0.1) is 0 Å². The molecule has 0 aliphatic rings. The van der Waals surface area contributed by atoms with Crippen LogP contribution in [0.5, 0.6) is 0 Å². The molecule has 0 aliphatic carbocycles. The molecule has 2 aromatic rings. The second kappa shape index (κ2) is 4.83. The summed E-state index contributed by atoms with van der Waals surface area (Å²) in [6, 6.07) is 8.71.